The summed E-state index contributed by atoms with van der Waals surface area (Å²) in [5.41, 5.74) is 0.298. The molecule has 1 aromatic heterocycles. The second-order valence-electron chi connectivity index (χ2n) is 5.86. The molecule has 0 spiro atoms. The molecule has 0 N–H and O–H groups in total. The van der Waals surface area contributed by atoms with Crippen LogP contribution in [-0.4, -0.2) is 71.5 Å². The van der Waals surface area contributed by atoms with Crippen LogP contribution in [0.1, 0.15) is 50.0 Å². The van der Waals surface area contributed by atoms with Crippen molar-refractivity contribution in [1.29, 1.82) is 0 Å². The molecule has 0 aliphatic carbocycles. The first-order valence-electron chi connectivity index (χ1n) is 8.96. The van der Waals surface area contributed by atoms with Gasteiger partial charge in [-0.3, -0.25) is 14.6 Å². The van der Waals surface area contributed by atoms with Gasteiger partial charge in [-0.1, -0.05) is 13.8 Å². The van der Waals surface area contributed by atoms with Crippen molar-refractivity contribution < 1.29 is 14.3 Å². The summed E-state index contributed by atoms with van der Waals surface area (Å²) in [7, 11) is 1.63. The molecule has 0 saturated heterocycles. The predicted octanol–water partition coefficient (Wildman–Crippen LogP) is 1.99. The maximum atomic E-state index is 12.6. The largest absolute Gasteiger partial charge is 0.385 e. The van der Waals surface area contributed by atoms with Crippen molar-refractivity contribution in [3.8, 4) is 0 Å². The Hall–Kier alpha value is -2.02. The fraction of sp³-hybridized carbons (Fsp3) is 0.667. The molecule has 0 unspecified atom stereocenters. The van der Waals surface area contributed by atoms with E-state index in [2.05, 4.69) is 23.8 Å². The van der Waals surface area contributed by atoms with Gasteiger partial charge in [0.1, 0.15) is 5.69 Å². The third-order valence-corrected chi connectivity index (χ3v) is 3.78. The standard InChI is InChI=1S/C18H30N4O3/c1-4-10-21(11-5-2)17(23)7-13-22(12-6-14-25-3)18(24)16-15-19-8-9-20-16/h8-9,15H,4-7,10-14H2,1-3H3. The van der Waals surface area contributed by atoms with Crippen molar-refractivity contribution in [2.75, 3.05) is 39.9 Å². The van der Waals surface area contributed by atoms with Gasteiger partial charge in [0.2, 0.25) is 5.91 Å². The summed E-state index contributed by atoms with van der Waals surface area (Å²) in [6.45, 7) is 7.11. The summed E-state index contributed by atoms with van der Waals surface area (Å²) >= 11 is 0. The van der Waals surface area contributed by atoms with Crippen molar-refractivity contribution in [1.82, 2.24) is 19.8 Å². The highest BCUT2D eigenvalue weighted by molar-refractivity contribution is 5.92. The fourth-order valence-electron chi connectivity index (χ4n) is 2.58. The number of methoxy groups -OCH3 is 1. The van der Waals surface area contributed by atoms with Crippen molar-refractivity contribution in [3.05, 3.63) is 24.3 Å². The molecular formula is C18H30N4O3. The molecule has 1 aromatic rings. The van der Waals surface area contributed by atoms with Gasteiger partial charge in [0.25, 0.3) is 5.91 Å². The van der Waals surface area contributed by atoms with Crippen molar-refractivity contribution in [2.24, 2.45) is 0 Å². The minimum Gasteiger partial charge on any atom is -0.385 e. The van der Waals surface area contributed by atoms with E-state index in [1.807, 2.05) is 4.90 Å². The van der Waals surface area contributed by atoms with Crippen molar-refractivity contribution in [3.63, 3.8) is 0 Å². The van der Waals surface area contributed by atoms with E-state index in [0.29, 0.717) is 38.2 Å². The Kier molecular flexibility index (Phi) is 10.4. The molecule has 0 atom stereocenters. The topological polar surface area (TPSA) is 75.6 Å². The van der Waals surface area contributed by atoms with Gasteiger partial charge in [0, 0.05) is 58.7 Å². The summed E-state index contributed by atoms with van der Waals surface area (Å²) in [5, 5.41) is 0. The van der Waals surface area contributed by atoms with E-state index in [9.17, 15) is 9.59 Å². The number of aromatic nitrogens is 2. The van der Waals surface area contributed by atoms with Crippen molar-refractivity contribution >= 4 is 11.8 Å². The highest BCUT2D eigenvalue weighted by Gasteiger charge is 2.19. The lowest BCUT2D eigenvalue weighted by atomic mass is 10.2. The van der Waals surface area contributed by atoms with Crippen LogP contribution in [0.15, 0.2) is 18.6 Å². The van der Waals surface area contributed by atoms with Crippen molar-refractivity contribution in [2.45, 2.75) is 39.5 Å². The minimum absolute atomic E-state index is 0.0902. The smallest absolute Gasteiger partial charge is 0.274 e. The van der Waals surface area contributed by atoms with Crippen LogP contribution in [0.2, 0.25) is 0 Å². The third-order valence-electron chi connectivity index (χ3n) is 3.78. The number of ether oxygens (including phenoxy) is 1. The molecule has 1 rings (SSSR count). The zero-order chi connectivity index (χ0) is 18.5. The molecule has 0 aliphatic heterocycles. The van der Waals surface area contributed by atoms with Crippen LogP contribution >= 0.6 is 0 Å². The molecule has 2 amide bonds. The van der Waals surface area contributed by atoms with Crippen LogP contribution in [0, 0.1) is 0 Å². The van der Waals surface area contributed by atoms with Gasteiger partial charge >= 0.3 is 0 Å². The number of amides is 2. The first-order chi connectivity index (χ1) is 12.1. The van der Waals surface area contributed by atoms with E-state index >= 15 is 0 Å². The number of rotatable bonds is 12. The summed E-state index contributed by atoms with van der Waals surface area (Å²) in [4.78, 5) is 36.6. The SMILES string of the molecule is CCCN(CCC)C(=O)CCN(CCCOC)C(=O)c1cnccn1. The van der Waals surface area contributed by atoms with Gasteiger partial charge in [-0.15, -0.1) is 0 Å². The predicted molar refractivity (Wildman–Crippen MR) is 96.2 cm³/mol. The maximum Gasteiger partial charge on any atom is 0.274 e. The molecule has 0 aliphatic rings. The lowest BCUT2D eigenvalue weighted by molar-refractivity contribution is -0.131. The molecule has 25 heavy (non-hydrogen) atoms. The zero-order valence-electron chi connectivity index (χ0n) is 15.6. The zero-order valence-corrected chi connectivity index (χ0v) is 15.6. The average molecular weight is 350 g/mol. The van der Waals surface area contributed by atoms with Gasteiger partial charge < -0.3 is 14.5 Å². The summed E-state index contributed by atoms with van der Waals surface area (Å²) in [6.07, 6.45) is 7.37. The summed E-state index contributed by atoms with van der Waals surface area (Å²) in [6, 6.07) is 0. The summed E-state index contributed by atoms with van der Waals surface area (Å²) in [5.74, 6) is -0.109. The van der Waals surface area contributed by atoms with Crippen LogP contribution < -0.4 is 0 Å². The van der Waals surface area contributed by atoms with Crippen LogP contribution in [0.25, 0.3) is 0 Å². The minimum atomic E-state index is -0.200. The Morgan fingerprint density at radius 1 is 1.04 bits per heavy atom. The summed E-state index contributed by atoms with van der Waals surface area (Å²) < 4.78 is 5.06. The van der Waals surface area contributed by atoms with E-state index in [4.69, 9.17) is 4.74 Å². The first-order valence-corrected chi connectivity index (χ1v) is 8.96. The van der Waals surface area contributed by atoms with Crippen LogP contribution in [0.3, 0.4) is 0 Å². The Bertz CT molecular complexity index is 504. The molecule has 1 heterocycles. The monoisotopic (exact) mass is 350 g/mol. The van der Waals surface area contributed by atoms with Crippen LogP contribution in [0.4, 0.5) is 0 Å². The first kappa shape index (κ1) is 21.0. The van der Waals surface area contributed by atoms with E-state index in [1.54, 1.807) is 12.0 Å². The Morgan fingerprint density at radius 2 is 1.76 bits per heavy atom. The van der Waals surface area contributed by atoms with Crippen LogP contribution in [0.5, 0.6) is 0 Å². The second kappa shape index (κ2) is 12.4. The molecule has 0 bridgehead atoms. The Morgan fingerprint density at radius 3 is 2.32 bits per heavy atom. The van der Waals surface area contributed by atoms with E-state index < -0.39 is 0 Å². The number of hydrogen-bond acceptors (Lipinski definition) is 5. The molecule has 0 radical (unpaired) electrons. The molecule has 140 valence electrons. The average Bonchev–Trinajstić information content (AvgIpc) is 2.64. The third kappa shape index (κ3) is 7.60. The van der Waals surface area contributed by atoms with E-state index in [-0.39, 0.29) is 11.8 Å². The highest BCUT2D eigenvalue weighted by atomic mass is 16.5. The number of nitrogens with zero attached hydrogens (tertiary/aromatic N) is 4. The Labute approximate surface area is 150 Å². The number of carbonyl (C=O) groups is 2. The van der Waals surface area contributed by atoms with E-state index in [0.717, 1.165) is 25.9 Å². The van der Waals surface area contributed by atoms with Gasteiger partial charge in [0.05, 0.1) is 6.20 Å². The molecule has 0 aromatic carbocycles. The van der Waals surface area contributed by atoms with Gasteiger partial charge in [-0.25, -0.2) is 4.98 Å². The van der Waals surface area contributed by atoms with Gasteiger partial charge in [-0.05, 0) is 19.3 Å². The fourth-order valence-corrected chi connectivity index (χ4v) is 2.58. The molecule has 0 saturated carbocycles. The van der Waals surface area contributed by atoms with Crippen LogP contribution in [-0.2, 0) is 9.53 Å². The molecule has 7 nitrogen and oxygen atoms in total. The normalized spacial score (nSPS) is 10.5. The highest BCUT2D eigenvalue weighted by Crippen LogP contribution is 2.06. The quantitative estimate of drug-likeness (QED) is 0.539. The molecular weight excluding hydrogens is 320 g/mol. The number of carbonyl (C=O) groups excluding carboxylic acids is 2. The van der Waals surface area contributed by atoms with E-state index in [1.165, 1.54) is 18.6 Å². The second-order valence-corrected chi connectivity index (χ2v) is 5.86. The lowest BCUT2D eigenvalue weighted by Crippen LogP contribution is -2.38. The van der Waals surface area contributed by atoms with Gasteiger partial charge in [-0.2, -0.15) is 0 Å². The molecule has 7 heteroatoms. The molecule has 0 fully saturated rings. The Balaban J connectivity index is 2.69. The van der Waals surface area contributed by atoms with Gasteiger partial charge in [0.15, 0.2) is 0 Å². The lowest BCUT2D eigenvalue weighted by Gasteiger charge is -2.25. The maximum absolute atomic E-state index is 12.6. The number of hydrogen-bond donors (Lipinski definition) is 0.